The number of methoxy groups -OCH3 is 2. The molecule has 3 rings (SSSR count). The number of amides is 1. The third-order valence-corrected chi connectivity index (χ3v) is 6.06. The first kappa shape index (κ1) is 19.3. The van der Waals surface area contributed by atoms with Crippen LogP contribution in [0.3, 0.4) is 0 Å². The number of aromatic nitrogens is 1. The van der Waals surface area contributed by atoms with E-state index in [1.807, 2.05) is 36.6 Å². The van der Waals surface area contributed by atoms with Gasteiger partial charge in [0.2, 0.25) is 0 Å². The Hall–Kier alpha value is -2.51. The molecule has 0 aliphatic rings. The second-order valence-corrected chi connectivity index (χ2v) is 7.80. The summed E-state index contributed by atoms with van der Waals surface area (Å²) in [5.74, 6) is 1.72. The van der Waals surface area contributed by atoms with Gasteiger partial charge in [-0.05, 0) is 30.7 Å². The number of carbonyl (C=O) groups is 1. The molecule has 0 aliphatic carbocycles. The van der Waals surface area contributed by atoms with E-state index in [9.17, 15) is 4.79 Å². The van der Waals surface area contributed by atoms with Gasteiger partial charge in [-0.25, -0.2) is 4.98 Å². The van der Waals surface area contributed by atoms with Gasteiger partial charge in [0.25, 0.3) is 5.91 Å². The average Bonchev–Trinajstić information content (AvgIpc) is 3.12. The van der Waals surface area contributed by atoms with Gasteiger partial charge in [0.05, 0.1) is 19.9 Å². The third-order valence-electron chi connectivity index (χ3n) is 3.87. The lowest BCUT2D eigenvalue weighted by atomic mass is 10.1. The minimum atomic E-state index is -0.176. The Labute approximate surface area is 166 Å². The fourth-order valence-corrected chi connectivity index (χ4v) is 4.35. The summed E-state index contributed by atoms with van der Waals surface area (Å²) in [6.45, 7) is 1.98. The van der Waals surface area contributed by atoms with Crippen LogP contribution in [-0.4, -0.2) is 25.1 Å². The third kappa shape index (κ3) is 4.81. The van der Waals surface area contributed by atoms with Gasteiger partial charge in [0, 0.05) is 28.5 Å². The van der Waals surface area contributed by atoms with Gasteiger partial charge in [-0.15, -0.1) is 11.3 Å². The van der Waals surface area contributed by atoms with Crippen molar-refractivity contribution in [2.45, 2.75) is 17.0 Å². The minimum absolute atomic E-state index is 0.176. The van der Waals surface area contributed by atoms with Crippen LogP contribution >= 0.6 is 23.1 Å². The van der Waals surface area contributed by atoms with Crippen molar-refractivity contribution in [3.63, 3.8) is 0 Å². The molecule has 1 amide bonds. The van der Waals surface area contributed by atoms with E-state index in [-0.39, 0.29) is 5.91 Å². The predicted molar refractivity (Wildman–Crippen MR) is 110 cm³/mol. The van der Waals surface area contributed by atoms with E-state index in [1.165, 1.54) is 0 Å². The lowest BCUT2D eigenvalue weighted by Gasteiger charge is -2.13. The Morgan fingerprint density at radius 1 is 1.19 bits per heavy atom. The van der Waals surface area contributed by atoms with Crippen LogP contribution in [-0.2, 0) is 5.75 Å². The maximum atomic E-state index is 12.9. The molecule has 2 aromatic carbocycles. The zero-order valence-corrected chi connectivity index (χ0v) is 16.9. The van der Waals surface area contributed by atoms with E-state index in [4.69, 9.17) is 9.47 Å². The molecule has 0 unspecified atom stereocenters. The average molecular weight is 401 g/mol. The zero-order valence-electron chi connectivity index (χ0n) is 15.3. The second-order valence-electron chi connectivity index (χ2n) is 5.72. The molecule has 0 saturated heterocycles. The first-order valence-corrected chi connectivity index (χ1v) is 10.1. The number of aryl methyl sites for hydroxylation is 1. The molecule has 1 aromatic heterocycles. The summed E-state index contributed by atoms with van der Waals surface area (Å²) < 4.78 is 11.6. The number of hydrogen-bond acceptors (Lipinski definition) is 6. The molecule has 0 spiro atoms. The van der Waals surface area contributed by atoms with Crippen molar-refractivity contribution in [2.75, 3.05) is 19.5 Å². The lowest BCUT2D eigenvalue weighted by molar-refractivity contribution is 0.102. The molecule has 0 radical (unpaired) electrons. The van der Waals surface area contributed by atoms with E-state index in [0.717, 1.165) is 15.6 Å². The molecule has 140 valence electrons. The number of thiazole rings is 1. The van der Waals surface area contributed by atoms with Crippen LogP contribution in [0.15, 0.2) is 52.2 Å². The number of nitrogens with one attached hydrogen (secondary N) is 1. The highest BCUT2D eigenvalue weighted by Gasteiger charge is 2.14. The predicted octanol–water partition coefficient (Wildman–Crippen LogP) is 5.01. The highest BCUT2D eigenvalue weighted by Crippen LogP contribution is 2.31. The van der Waals surface area contributed by atoms with Crippen LogP contribution in [0.4, 0.5) is 5.69 Å². The van der Waals surface area contributed by atoms with Crippen LogP contribution < -0.4 is 14.8 Å². The molecule has 5 nitrogen and oxygen atoms in total. The Morgan fingerprint density at radius 2 is 2.00 bits per heavy atom. The Morgan fingerprint density at radius 3 is 2.70 bits per heavy atom. The Bertz CT molecular complexity index is 940. The fraction of sp³-hybridized carbons (Fsp3) is 0.200. The molecular weight excluding hydrogens is 380 g/mol. The highest BCUT2D eigenvalue weighted by atomic mass is 32.2. The normalized spacial score (nSPS) is 10.5. The van der Waals surface area contributed by atoms with Crippen molar-refractivity contribution in [2.24, 2.45) is 0 Å². The summed E-state index contributed by atoms with van der Waals surface area (Å²) >= 11 is 3.25. The number of benzene rings is 2. The van der Waals surface area contributed by atoms with E-state index < -0.39 is 0 Å². The number of hydrogen-bond donors (Lipinski definition) is 1. The Kier molecular flexibility index (Phi) is 6.36. The molecule has 0 aliphatic heterocycles. The number of ether oxygens (including phenoxy) is 2. The van der Waals surface area contributed by atoms with Crippen LogP contribution in [0.1, 0.15) is 21.6 Å². The first-order chi connectivity index (χ1) is 13.1. The molecular formula is C20H20N2O3S2. The molecule has 27 heavy (non-hydrogen) atoms. The molecule has 0 saturated carbocycles. The summed E-state index contributed by atoms with van der Waals surface area (Å²) in [6, 6.07) is 12.9. The molecule has 3 aromatic rings. The number of anilines is 1. The van der Waals surface area contributed by atoms with Gasteiger partial charge < -0.3 is 14.8 Å². The first-order valence-electron chi connectivity index (χ1n) is 8.27. The highest BCUT2D eigenvalue weighted by molar-refractivity contribution is 8.00. The molecule has 0 fully saturated rings. The van der Waals surface area contributed by atoms with Gasteiger partial charge in [0.15, 0.2) is 0 Å². The van der Waals surface area contributed by atoms with Crippen molar-refractivity contribution < 1.29 is 14.3 Å². The zero-order chi connectivity index (χ0) is 19.2. The van der Waals surface area contributed by atoms with Gasteiger partial charge in [-0.2, -0.15) is 0 Å². The molecule has 1 N–H and O–H groups in total. The van der Waals surface area contributed by atoms with E-state index in [1.54, 1.807) is 55.5 Å². The van der Waals surface area contributed by atoms with E-state index >= 15 is 0 Å². The van der Waals surface area contributed by atoms with Crippen molar-refractivity contribution in [3.05, 3.63) is 64.7 Å². The second kappa shape index (κ2) is 8.92. The molecule has 0 atom stereocenters. The van der Waals surface area contributed by atoms with E-state index in [2.05, 4.69) is 10.3 Å². The van der Waals surface area contributed by atoms with E-state index in [0.29, 0.717) is 28.5 Å². The van der Waals surface area contributed by atoms with Crippen molar-refractivity contribution in [1.29, 1.82) is 0 Å². The quantitative estimate of drug-likeness (QED) is 0.565. The summed E-state index contributed by atoms with van der Waals surface area (Å²) in [4.78, 5) is 17.3. The minimum Gasteiger partial charge on any atom is -0.497 e. The monoisotopic (exact) mass is 400 g/mol. The summed E-state index contributed by atoms with van der Waals surface area (Å²) in [5.41, 5.74) is 3.21. The van der Waals surface area contributed by atoms with Crippen LogP contribution in [0, 0.1) is 6.92 Å². The maximum absolute atomic E-state index is 12.9. The summed E-state index contributed by atoms with van der Waals surface area (Å²) in [6.07, 6.45) is 0. The number of carbonyl (C=O) groups excluding carboxylic acids is 1. The SMILES string of the molecule is COc1ccc(NC(=O)c2ccccc2CSc2nc(C)cs2)c(OC)c1. The van der Waals surface area contributed by atoms with Crippen LogP contribution in [0.5, 0.6) is 11.5 Å². The Balaban J connectivity index is 1.77. The topological polar surface area (TPSA) is 60.5 Å². The number of rotatable bonds is 7. The van der Waals surface area contributed by atoms with Gasteiger partial charge in [0.1, 0.15) is 15.8 Å². The van der Waals surface area contributed by atoms with Crippen molar-refractivity contribution >= 4 is 34.7 Å². The number of nitrogens with zero attached hydrogens (tertiary/aromatic N) is 1. The summed E-state index contributed by atoms with van der Waals surface area (Å²) in [7, 11) is 3.15. The van der Waals surface area contributed by atoms with Crippen LogP contribution in [0.2, 0.25) is 0 Å². The molecule has 7 heteroatoms. The van der Waals surface area contributed by atoms with Crippen molar-refractivity contribution in [1.82, 2.24) is 4.98 Å². The lowest BCUT2D eigenvalue weighted by Crippen LogP contribution is -2.14. The summed E-state index contributed by atoms with van der Waals surface area (Å²) in [5, 5.41) is 4.95. The van der Waals surface area contributed by atoms with Crippen LogP contribution in [0.25, 0.3) is 0 Å². The largest absolute Gasteiger partial charge is 0.497 e. The van der Waals surface area contributed by atoms with Gasteiger partial charge in [-0.1, -0.05) is 30.0 Å². The van der Waals surface area contributed by atoms with Gasteiger partial charge in [-0.3, -0.25) is 4.79 Å². The smallest absolute Gasteiger partial charge is 0.256 e. The fourth-order valence-electron chi connectivity index (χ4n) is 2.50. The molecule has 1 heterocycles. The maximum Gasteiger partial charge on any atom is 0.256 e. The number of thioether (sulfide) groups is 1. The van der Waals surface area contributed by atoms with Crippen molar-refractivity contribution in [3.8, 4) is 11.5 Å². The van der Waals surface area contributed by atoms with Gasteiger partial charge >= 0.3 is 0 Å². The molecule has 0 bridgehead atoms. The standard InChI is InChI=1S/C20H20N2O3S2/c1-13-11-26-20(21-13)27-12-14-6-4-5-7-16(14)19(23)22-17-9-8-15(24-2)10-18(17)25-3/h4-11H,12H2,1-3H3,(H,22,23).